The molecule has 2 aliphatic rings. The fourth-order valence-corrected chi connectivity index (χ4v) is 4.63. The first-order chi connectivity index (χ1) is 15.0. The zero-order valence-corrected chi connectivity index (χ0v) is 17.4. The van der Waals surface area contributed by atoms with Gasteiger partial charge in [0.2, 0.25) is 0 Å². The van der Waals surface area contributed by atoms with Gasteiger partial charge in [-0.3, -0.25) is 4.79 Å². The van der Waals surface area contributed by atoms with E-state index in [-0.39, 0.29) is 22.9 Å². The fourth-order valence-electron chi connectivity index (χ4n) is 4.45. The number of benzene rings is 2. The van der Waals surface area contributed by atoms with Gasteiger partial charge in [0, 0.05) is 39.9 Å². The Bertz CT molecular complexity index is 1300. The zero-order chi connectivity index (χ0) is 21.7. The molecule has 0 bridgehead atoms. The number of fused-ring (bicyclic) bond motifs is 5. The maximum atomic E-state index is 13.2. The summed E-state index contributed by atoms with van der Waals surface area (Å²) in [6.45, 7) is 0.631. The molecule has 0 fully saturated rings. The van der Waals surface area contributed by atoms with E-state index in [1.54, 1.807) is 12.3 Å². The number of esters is 1. The molecule has 6 nitrogen and oxygen atoms in total. The van der Waals surface area contributed by atoms with Gasteiger partial charge >= 0.3 is 5.97 Å². The molecular weight excluding hydrogens is 416 g/mol. The highest BCUT2D eigenvalue weighted by Gasteiger charge is 2.38. The number of H-pyrrole nitrogens is 1. The number of nitrogens with zero attached hydrogens (tertiary/aromatic N) is 1. The molecule has 0 saturated heterocycles. The lowest BCUT2D eigenvalue weighted by molar-refractivity contribution is -0.137. The van der Waals surface area contributed by atoms with Crippen LogP contribution >= 0.6 is 11.6 Å². The van der Waals surface area contributed by atoms with Gasteiger partial charge < -0.3 is 19.7 Å². The van der Waals surface area contributed by atoms with Gasteiger partial charge in [0.05, 0.1) is 18.2 Å². The van der Waals surface area contributed by atoms with E-state index in [0.29, 0.717) is 17.1 Å². The lowest BCUT2D eigenvalue weighted by Gasteiger charge is -2.38. The van der Waals surface area contributed by atoms with Crippen LogP contribution in [-0.2, 0) is 16.0 Å². The van der Waals surface area contributed by atoms with Gasteiger partial charge in [-0.1, -0.05) is 29.8 Å². The van der Waals surface area contributed by atoms with Crippen LogP contribution in [0.4, 0.5) is 0 Å². The second kappa shape index (κ2) is 7.32. The Hall–Kier alpha value is -3.51. The maximum Gasteiger partial charge on any atom is 0.336 e. The molecule has 31 heavy (non-hydrogen) atoms. The number of phenolic OH excluding ortho intramolecular Hbond substituents is 1. The first-order valence-corrected chi connectivity index (χ1v) is 10.3. The van der Waals surface area contributed by atoms with Gasteiger partial charge in [0.15, 0.2) is 5.78 Å². The molecule has 1 unspecified atom stereocenters. The summed E-state index contributed by atoms with van der Waals surface area (Å²) >= 11 is 6.02. The lowest BCUT2D eigenvalue weighted by Crippen LogP contribution is -2.37. The molecule has 2 aliphatic heterocycles. The molecule has 2 aromatic carbocycles. The van der Waals surface area contributed by atoms with Crippen LogP contribution in [0.25, 0.3) is 10.9 Å². The van der Waals surface area contributed by atoms with Gasteiger partial charge in [0.25, 0.3) is 0 Å². The highest BCUT2D eigenvalue weighted by Crippen LogP contribution is 2.42. The van der Waals surface area contributed by atoms with E-state index in [9.17, 15) is 14.7 Å². The minimum atomic E-state index is -0.504. The number of aromatic amines is 1. The Balaban J connectivity index is 1.63. The Morgan fingerprint density at radius 2 is 2.03 bits per heavy atom. The molecule has 2 N–H and O–H groups in total. The number of aromatic hydroxyl groups is 1. The minimum absolute atomic E-state index is 0.0842. The molecule has 0 aliphatic carbocycles. The van der Waals surface area contributed by atoms with E-state index in [0.717, 1.165) is 23.0 Å². The van der Waals surface area contributed by atoms with Gasteiger partial charge in [-0.15, -0.1) is 0 Å². The van der Waals surface area contributed by atoms with Crippen molar-refractivity contribution in [3.05, 3.63) is 87.7 Å². The highest BCUT2D eigenvalue weighted by atomic mass is 35.5. The first kappa shape index (κ1) is 19.5. The normalized spacial score (nSPS) is 17.5. The van der Waals surface area contributed by atoms with E-state index < -0.39 is 11.8 Å². The third kappa shape index (κ3) is 3.11. The predicted octanol–water partition coefficient (Wildman–Crippen LogP) is 4.31. The van der Waals surface area contributed by atoms with Crippen LogP contribution in [0, 0.1) is 0 Å². The predicted molar refractivity (Wildman–Crippen MR) is 117 cm³/mol. The monoisotopic (exact) mass is 434 g/mol. The molecule has 0 spiro atoms. The van der Waals surface area contributed by atoms with Crippen molar-refractivity contribution in [2.24, 2.45) is 0 Å². The summed E-state index contributed by atoms with van der Waals surface area (Å²) in [6, 6.07) is 12.0. The molecule has 3 heterocycles. The second-order valence-corrected chi connectivity index (χ2v) is 8.06. The topological polar surface area (TPSA) is 82.6 Å². The van der Waals surface area contributed by atoms with Crippen LogP contribution in [0.3, 0.4) is 0 Å². The van der Waals surface area contributed by atoms with Crippen molar-refractivity contribution in [2.75, 3.05) is 13.7 Å². The Morgan fingerprint density at radius 3 is 2.84 bits per heavy atom. The number of allylic oxidation sites excluding steroid dienone is 2. The summed E-state index contributed by atoms with van der Waals surface area (Å²) in [5, 5.41) is 11.6. The number of hydrogen-bond acceptors (Lipinski definition) is 5. The summed E-state index contributed by atoms with van der Waals surface area (Å²) in [7, 11) is 1.32. The van der Waals surface area contributed by atoms with E-state index in [2.05, 4.69) is 11.1 Å². The molecule has 3 aromatic rings. The van der Waals surface area contributed by atoms with Crippen LogP contribution in [0.15, 0.2) is 65.9 Å². The largest absolute Gasteiger partial charge is 0.507 e. The van der Waals surface area contributed by atoms with Crippen molar-refractivity contribution < 1.29 is 19.4 Å². The molecular formula is C24H19ClN2O4. The molecule has 5 rings (SSSR count). The molecule has 0 saturated carbocycles. The quantitative estimate of drug-likeness (QED) is 0.474. The molecule has 7 heteroatoms. The van der Waals surface area contributed by atoms with Crippen molar-refractivity contribution in [3.8, 4) is 5.75 Å². The second-order valence-electron chi connectivity index (χ2n) is 7.62. The highest BCUT2D eigenvalue weighted by molar-refractivity contribution is 6.31. The average Bonchev–Trinajstić information content (AvgIpc) is 3.17. The van der Waals surface area contributed by atoms with Crippen molar-refractivity contribution in [3.63, 3.8) is 0 Å². The SMILES string of the molecule is COC(=O)C1=CC(C(=O)c2cc(Cl)ccc2O)=CN2CCc3c([nH]c4ccccc34)C12. The van der Waals surface area contributed by atoms with Gasteiger partial charge in [-0.25, -0.2) is 4.79 Å². The Labute approximate surface area is 183 Å². The summed E-state index contributed by atoms with van der Waals surface area (Å²) < 4.78 is 5.05. The third-order valence-electron chi connectivity index (χ3n) is 5.87. The van der Waals surface area contributed by atoms with Gasteiger partial charge in [-0.2, -0.15) is 0 Å². The fraction of sp³-hybridized carbons (Fsp3) is 0.167. The Morgan fingerprint density at radius 1 is 1.23 bits per heavy atom. The van der Waals surface area contributed by atoms with Crippen LogP contribution in [0.5, 0.6) is 5.75 Å². The number of carbonyl (C=O) groups is 2. The number of nitrogens with one attached hydrogen (secondary N) is 1. The number of ether oxygens (including phenoxy) is 1. The standard InChI is InChI=1S/C24H19ClN2O4/c1-31-24(30)18-10-13(23(29)17-11-14(25)6-7-20(17)28)12-27-9-8-16-15-4-2-3-5-19(15)26-21(16)22(18)27/h2-7,10-12,22,26,28H,8-9H2,1H3. The smallest absolute Gasteiger partial charge is 0.336 e. The van der Waals surface area contributed by atoms with Crippen LogP contribution in [-0.4, -0.2) is 40.4 Å². The number of methoxy groups -OCH3 is 1. The molecule has 156 valence electrons. The van der Waals surface area contributed by atoms with Crippen molar-refractivity contribution in [2.45, 2.75) is 12.5 Å². The third-order valence-corrected chi connectivity index (χ3v) is 6.10. The number of halogens is 1. The van der Waals surface area contributed by atoms with E-state index >= 15 is 0 Å². The van der Waals surface area contributed by atoms with Crippen molar-refractivity contribution in [1.82, 2.24) is 9.88 Å². The lowest BCUT2D eigenvalue weighted by atomic mass is 9.87. The molecule has 1 aromatic heterocycles. The minimum Gasteiger partial charge on any atom is -0.507 e. The van der Waals surface area contributed by atoms with Gasteiger partial charge in [0.1, 0.15) is 11.8 Å². The summed E-state index contributed by atoms with van der Waals surface area (Å²) in [5.41, 5.74) is 3.84. The van der Waals surface area contributed by atoms with E-state index in [1.165, 1.54) is 30.9 Å². The first-order valence-electron chi connectivity index (χ1n) is 9.88. The van der Waals surface area contributed by atoms with Crippen molar-refractivity contribution in [1.29, 1.82) is 0 Å². The average molecular weight is 435 g/mol. The van der Waals surface area contributed by atoms with Crippen LogP contribution in [0.2, 0.25) is 5.02 Å². The van der Waals surface area contributed by atoms with E-state index in [4.69, 9.17) is 16.3 Å². The van der Waals surface area contributed by atoms with Crippen molar-refractivity contribution >= 4 is 34.3 Å². The number of phenols is 1. The number of rotatable bonds is 3. The van der Waals surface area contributed by atoms with Crippen LogP contribution in [0.1, 0.15) is 27.7 Å². The number of para-hydroxylation sites is 1. The maximum absolute atomic E-state index is 13.2. The van der Waals surface area contributed by atoms with E-state index in [1.807, 2.05) is 23.1 Å². The Kier molecular flexibility index (Phi) is 4.59. The molecule has 1 atom stereocenters. The number of carbonyl (C=O) groups excluding carboxylic acids is 2. The summed E-state index contributed by atoms with van der Waals surface area (Å²) in [5.74, 6) is -1.08. The number of Topliss-reactive ketones (excluding diaryl/α,β-unsaturated/α-hetero) is 1. The number of aromatic nitrogens is 1. The summed E-state index contributed by atoms with van der Waals surface area (Å²) in [4.78, 5) is 31.3. The zero-order valence-electron chi connectivity index (χ0n) is 16.7. The number of hydrogen-bond donors (Lipinski definition) is 2. The molecule has 0 radical (unpaired) electrons. The summed E-state index contributed by atoms with van der Waals surface area (Å²) in [6.07, 6.45) is 4.06. The number of ketones is 1. The van der Waals surface area contributed by atoms with Crippen LogP contribution < -0.4 is 0 Å². The van der Waals surface area contributed by atoms with Gasteiger partial charge in [-0.05, 0) is 42.3 Å². The molecule has 0 amide bonds.